The van der Waals surface area contributed by atoms with E-state index in [4.69, 9.17) is 17.3 Å². The first kappa shape index (κ1) is 14.9. The summed E-state index contributed by atoms with van der Waals surface area (Å²) in [6.07, 6.45) is 1.63. The van der Waals surface area contributed by atoms with Crippen LogP contribution < -0.4 is 11.1 Å². The molecule has 18 heavy (non-hydrogen) atoms. The van der Waals surface area contributed by atoms with E-state index in [0.29, 0.717) is 12.5 Å². The summed E-state index contributed by atoms with van der Waals surface area (Å²) in [4.78, 5) is 11.6. The topological polar surface area (TPSA) is 55.1 Å². The van der Waals surface area contributed by atoms with Gasteiger partial charge in [0.25, 0.3) is 0 Å². The van der Waals surface area contributed by atoms with Crippen molar-refractivity contribution in [1.82, 2.24) is 0 Å². The van der Waals surface area contributed by atoms with Crippen LogP contribution in [0, 0.1) is 11.6 Å². The number of halogens is 3. The van der Waals surface area contributed by atoms with Crippen LogP contribution in [0.15, 0.2) is 12.1 Å². The summed E-state index contributed by atoms with van der Waals surface area (Å²) in [5.74, 6) is -2.14. The highest BCUT2D eigenvalue weighted by Crippen LogP contribution is 2.26. The molecule has 1 aromatic carbocycles. The van der Waals surface area contributed by atoms with Gasteiger partial charge in [-0.2, -0.15) is 0 Å². The summed E-state index contributed by atoms with van der Waals surface area (Å²) >= 11 is 5.65. The standard InChI is InChI=1S/C12H15ClF2N2O/c1-2-3-8(16)6-11(18)17-12-9(13)4-7(14)5-10(12)15/h4-5,8H,2-3,6,16H2,1H3,(H,17,18). The number of benzene rings is 1. The lowest BCUT2D eigenvalue weighted by atomic mass is 10.1. The van der Waals surface area contributed by atoms with E-state index in [9.17, 15) is 13.6 Å². The lowest BCUT2D eigenvalue weighted by molar-refractivity contribution is -0.116. The van der Waals surface area contributed by atoms with Crippen molar-refractivity contribution >= 4 is 23.2 Å². The Hall–Kier alpha value is -1.20. The van der Waals surface area contributed by atoms with E-state index in [0.717, 1.165) is 12.5 Å². The molecular formula is C12H15ClF2N2O. The summed E-state index contributed by atoms with van der Waals surface area (Å²) < 4.78 is 26.2. The third-order valence-corrected chi connectivity index (χ3v) is 2.68. The van der Waals surface area contributed by atoms with Gasteiger partial charge in [0.15, 0.2) is 5.82 Å². The second kappa shape index (κ2) is 6.66. The Kier molecular flexibility index (Phi) is 5.50. The highest BCUT2D eigenvalue weighted by atomic mass is 35.5. The van der Waals surface area contributed by atoms with Crippen molar-refractivity contribution < 1.29 is 13.6 Å². The van der Waals surface area contributed by atoms with Crippen LogP contribution in [0.2, 0.25) is 5.02 Å². The zero-order valence-electron chi connectivity index (χ0n) is 9.97. The molecule has 0 spiro atoms. The van der Waals surface area contributed by atoms with Gasteiger partial charge in [-0.05, 0) is 12.5 Å². The zero-order valence-corrected chi connectivity index (χ0v) is 10.7. The van der Waals surface area contributed by atoms with Crippen molar-refractivity contribution in [2.24, 2.45) is 5.73 Å². The molecule has 0 aromatic heterocycles. The van der Waals surface area contributed by atoms with Gasteiger partial charge in [-0.15, -0.1) is 0 Å². The smallest absolute Gasteiger partial charge is 0.226 e. The molecule has 1 aromatic rings. The molecule has 3 nitrogen and oxygen atoms in total. The van der Waals surface area contributed by atoms with Gasteiger partial charge >= 0.3 is 0 Å². The van der Waals surface area contributed by atoms with Crippen LogP contribution in [0.25, 0.3) is 0 Å². The molecule has 0 fully saturated rings. The Morgan fingerprint density at radius 1 is 1.50 bits per heavy atom. The fraction of sp³-hybridized carbons (Fsp3) is 0.417. The monoisotopic (exact) mass is 276 g/mol. The molecular weight excluding hydrogens is 262 g/mol. The molecule has 0 radical (unpaired) electrons. The van der Waals surface area contributed by atoms with Gasteiger partial charge in [-0.1, -0.05) is 24.9 Å². The van der Waals surface area contributed by atoms with E-state index in [2.05, 4.69) is 5.32 Å². The molecule has 0 aliphatic carbocycles. The number of rotatable bonds is 5. The van der Waals surface area contributed by atoms with Gasteiger partial charge in [-0.3, -0.25) is 4.79 Å². The van der Waals surface area contributed by atoms with Crippen molar-refractivity contribution in [3.8, 4) is 0 Å². The van der Waals surface area contributed by atoms with E-state index in [1.807, 2.05) is 6.92 Å². The third kappa shape index (κ3) is 4.23. The number of carbonyl (C=O) groups is 1. The minimum Gasteiger partial charge on any atom is -0.327 e. The highest BCUT2D eigenvalue weighted by Gasteiger charge is 2.14. The molecule has 1 amide bonds. The number of nitrogens with two attached hydrogens (primary N) is 1. The molecule has 6 heteroatoms. The van der Waals surface area contributed by atoms with E-state index in [-0.39, 0.29) is 23.2 Å². The molecule has 0 saturated heterocycles. The Bertz CT molecular complexity index is 417. The molecule has 0 aliphatic heterocycles. The predicted octanol–water partition coefficient (Wildman–Crippen LogP) is 3.07. The van der Waals surface area contributed by atoms with Crippen LogP contribution in [-0.2, 0) is 4.79 Å². The van der Waals surface area contributed by atoms with E-state index in [1.54, 1.807) is 0 Å². The summed E-state index contributed by atoms with van der Waals surface area (Å²) in [7, 11) is 0. The molecule has 1 unspecified atom stereocenters. The maximum atomic E-state index is 13.4. The summed E-state index contributed by atoms with van der Waals surface area (Å²) in [6, 6.07) is 1.32. The predicted molar refractivity (Wildman–Crippen MR) is 67.5 cm³/mol. The van der Waals surface area contributed by atoms with Gasteiger partial charge in [-0.25, -0.2) is 8.78 Å². The van der Waals surface area contributed by atoms with Crippen LogP contribution in [0.5, 0.6) is 0 Å². The Balaban J connectivity index is 2.70. The average molecular weight is 277 g/mol. The molecule has 0 saturated carbocycles. The van der Waals surface area contributed by atoms with Crippen LogP contribution >= 0.6 is 11.6 Å². The van der Waals surface area contributed by atoms with Crippen molar-refractivity contribution in [3.05, 3.63) is 28.8 Å². The minimum atomic E-state index is -0.905. The SMILES string of the molecule is CCCC(N)CC(=O)Nc1c(F)cc(F)cc1Cl. The minimum absolute atomic E-state index is 0.0704. The largest absolute Gasteiger partial charge is 0.327 e. The number of amides is 1. The highest BCUT2D eigenvalue weighted by molar-refractivity contribution is 6.33. The second-order valence-corrected chi connectivity index (χ2v) is 4.45. The fourth-order valence-electron chi connectivity index (χ4n) is 1.56. The van der Waals surface area contributed by atoms with Crippen LogP contribution in [0.1, 0.15) is 26.2 Å². The first-order chi connectivity index (χ1) is 8.43. The second-order valence-electron chi connectivity index (χ2n) is 4.05. The lowest BCUT2D eigenvalue weighted by Crippen LogP contribution is -2.27. The summed E-state index contributed by atoms with van der Waals surface area (Å²) in [5.41, 5.74) is 5.48. The molecule has 0 heterocycles. The maximum Gasteiger partial charge on any atom is 0.226 e. The molecule has 0 bridgehead atoms. The van der Waals surface area contributed by atoms with Crippen LogP contribution in [-0.4, -0.2) is 11.9 Å². The fourth-order valence-corrected chi connectivity index (χ4v) is 1.80. The van der Waals surface area contributed by atoms with E-state index < -0.39 is 17.5 Å². The summed E-state index contributed by atoms with van der Waals surface area (Å²) in [5, 5.41) is 2.13. The first-order valence-electron chi connectivity index (χ1n) is 5.64. The molecule has 3 N–H and O–H groups in total. The normalized spacial score (nSPS) is 12.3. The van der Waals surface area contributed by atoms with Gasteiger partial charge < -0.3 is 11.1 Å². The maximum absolute atomic E-state index is 13.4. The first-order valence-corrected chi connectivity index (χ1v) is 6.01. The van der Waals surface area contributed by atoms with Crippen molar-refractivity contribution in [1.29, 1.82) is 0 Å². The quantitative estimate of drug-likeness (QED) is 0.868. The van der Waals surface area contributed by atoms with Crippen molar-refractivity contribution in [2.75, 3.05) is 5.32 Å². The molecule has 0 aliphatic rings. The lowest BCUT2D eigenvalue weighted by Gasteiger charge is -2.12. The van der Waals surface area contributed by atoms with Crippen molar-refractivity contribution in [3.63, 3.8) is 0 Å². The third-order valence-electron chi connectivity index (χ3n) is 2.38. The summed E-state index contributed by atoms with van der Waals surface area (Å²) in [6.45, 7) is 1.95. The zero-order chi connectivity index (χ0) is 13.7. The Morgan fingerprint density at radius 2 is 2.17 bits per heavy atom. The number of anilines is 1. The van der Waals surface area contributed by atoms with E-state index >= 15 is 0 Å². The number of hydrogen-bond acceptors (Lipinski definition) is 2. The van der Waals surface area contributed by atoms with E-state index in [1.165, 1.54) is 0 Å². The van der Waals surface area contributed by atoms with Gasteiger partial charge in [0, 0.05) is 18.5 Å². The van der Waals surface area contributed by atoms with Crippen LogP contribution in [0.3, 0.4) is 0 Å². The number of hydrogen-bond donors (Lipinski definition) is 2. The molecule has 1 rings (SSSR count). The Morgan fingerprint density at radius 3 is 2.72 bits per heavy atom. The van der Waals surface area contributed by atoms with Crippen molar-refractivity contribution in [2.45, 2.75) is 32.2 Å². The number of carbonyl (C=O) groups excluding carboxylic acids is 1. The van der Waals surface area contributed by atoms with Crippen LogP contribution in [0.4, 0.5) is 14.5 Å². The molecule has 100 valence electrons. The molecule has 1 atom stereocenters. The van der Waals surface area contributed by atoms with Gasteiger partial charge in [0.05, 0.1) is 10.7 Å². The average Bonchev–Trinajstić information content (AvgIpc) is 2.23. The number of nitrogens with one attached hydrogen (secondary N) is 1. The van der Waals surface area contributed by atoms with Gasteiger partial charge in [0.2, 0.25) is 5.91 Å². The Labute approximate surface area is 109 Å². The van der Waals surface area contributed by atoms with Gasteiger partial charge in [0.1, 0.15) is 5.82 Å².